The Morgan fingerprint density at radius 1 is 1.00 bits per heavy atom. The number of ether oxygens (including phenoxy) is 1. The van der Waals surface area contributed by atoms with E-state index in [2.05, 4.69) is 0 Å². The molecule has 0 saturated carbocycles. The third-order valence-electron chi connectivity index (χ3n) is 3.40. The summed E-state index contributed by atoms with van der Waals surface area (Å²) in [4.78, 5) is 11.7. The van der Waals surface area contributed by atoms with Gasteiger partial charge < -0.3 is 4.74 Å². The van der Waals surface area contributed by atoms with Gasteiger partial charge in [0, 0.05) is 0 Å². The lowest BCUT2D eigenvalue weighted by Crippen LogP contribution is -2.09. The molecule has 0 aromatic heterocycles. The first-order valence-electron chi connectivity index (χ1n) is 7.64. The van der Waals surface area contributed by atoms with Gasteiger partial charge in [0.2, 0.25) is 0 Å². The van der Waals surface area contributed by atoms with Gasteiger partial charge >= 0.3 is 5.97 Å². The van der Waals surface area contributed by atoms with Gasteiger partial charge in [-0.25, -0.2) is 4.79 Å². The van der Waals surface area contributed by atoms with Gasteiger partial charge in [-0.3, -0.25) is 4.18 Å². The summed E-state index contributed by atoms with van der Waals surface area (Å²) in [6.45, 7) is 4.00. The summed E-state index contributed by atoms with van der Waals surface area (Å²) in [6, 6.07) is 13.3. The molecule has 6 heteroatoms. The molecule has 2 aromatic rings. The Bertz CT molecular complexity index is 777. The lowest BCUT2D eigenvalue weighted by Gasteiger charge is -2.07. The Hall–Kier alpha value is -2.18. The Morgan fingerprint density at radius 2 is 1.62 bits per heavy atom. The van der Waals surface area contributed by atoms with Crippen LogP contribution in [0.5, 0.6) is 0 Å². The van der Waals surface area contributed by atoms with Crippen LogP contribution in [0.25, 0.3) is 0 Å². The van der Waals surface area contributed by atoms with Crippen LogP contribution in [0.2, 0.25) is 0 Å². The monoisotopic (exact) mass is 348 g/mol. The molecule has 0 N–H and O–H groups in total. The molecule has 24 heavy (non-hydrogen) atoms. The number of esters is 1. The van der Waals surface area contributed by atoms with Crippen molar-refractivity contribution in [3.8, 4) is 0 Å². The first kappa shape index (κ1) is 18.2. The third-order valence-corrected chi connectivity index (χ3v) is 4.73. The van der Waals surface area contributed by atoms with E-state index in [1.807, 2.05) is 6.92 Å². The molecule has 0 amide bonds. The van der Waals surface area contributed by atoms with Crippen molar-refractivity contribution < 1.29 is 22.1 Å². The largest absolute Gasteiger partial charge is 0.462 e. The van der Waals surface area contributed by atoms with Crippen LogP contribution in [-0.2, 0) is 25.5 Å². The fraction of sp³-hybridized carbons (Fsp3) is 0.278. The van der Waals surface area contributed by atoms with E-state index in [1.54, 1.807) is 43.3 Å². The second-order valence-electron chi connectivity index (χ2n) is 5.26. The molecule has 2 aromatic carbocycles. The zero-order chi connectivity index (χ0) is 17.6. The topological polar surface area (TPSA) is 69.7 Å². The third kappa shape index (κ3) is 4.91. The van der Waals surface area contributed by atoms with E-state index < -0.39 is 10.1 Å². The van der Waals surface area contributed by atoms with Crippen molar-refractivity contribution in [1.82, 2.24) is 0 Å². The van der Waals surface area contributed by atoms with E-state index in [9.17, 15) is 13.2 Å². The maximum Gasteiger partial charge on any atom is 0.338 e. The van der Waals surface area contributed by atoms with Crippen LogP contribution >= 0.6 is 0 Å². The number of carbonyl (C=O) groups is 1. The smallest absolute Gasteiger partial charge is 0.338 e. The van der Waals surface area contributed by atoms with Crippen LogP contribution in [0.4, 0.5) is 0 Å². The van der Waals surface area contributed by atoms with Gasteiger partial charge in [0.15, 0.2) is 0 Å². The molecule has 0 aliphatic rings. The number of hydrogen-bond acceptors (Lipinski definition) is 5. The van der Waals surface area contributed by atoms with Gasteiger partial charge in [-0.2, -0.15) is 8.42 Å². The highest BCUT2D eigenvalue weighted by Crippen LogP contribution is 2.14. The standard InChI is InChI=1S/C18H20O5S/c1-3-22-18(19)16-8-6-15(7-9-16)12-13-23-24(20,21)17-10-4-14(2)5-11-17/h4-11H,3,12-13H2,1-2H3. The second-order valence-corrected chi connectivity index (χ2v) is 6.87. The first-order chi connectivity index (χ1) is 11.4. The summed E-state index contributed by atoms with van der Waals surface area (Å²) in [7, 11) is -3.75. The minimum absolute atomic E-state index is 0.0367. The summed E-state index contributed by atoms with van der Waals surface area (Å²) in [5.74, 6) is -0.373. The van der Waals surface area contributed by atoms with Gasteiger partial charge in [-0.15, -0.1) is 0 Å². The SMILES string of the molecule is CCOC(=O)c1ccc(CCOS(=O)(=O)c2ccc(C)cc2)cc1. The average Bonchev–Trinajstić information content (AvgIpc) is 2.56. The second kappa shape index (κ2) is 8.08. The lowest BCUT2D eigenvalue weighted by atomic mass is 10.1. The van der Waals surface area contributed by atoms with E-state index in [4.69, 9.17) is 8.92 Å². The van der Waals surface area contributed by atoms with Crippen LogP contribution < -0.4 is 0 Å². The van der Waals surface area contributed by atoms with Crippen LogP contribution in [0.3, 0.4) is 0 Å². The minimum Gasteiger partial charge on any atom is -0.462 e. The highest BCUT2D eigenvalue weighted by Gasteiger charge is 2.14. The van der Waals surface area contributed by atoms with E-state index in [0.29, 0.717) is 18.6 Å². The molecule has 0 saturated heterocycles. The lowest BCUT2D eigenvalue weighted by molar-refractivity contribution is 0.0526. The molecule has 0 radical (unpaired) electrons. The van der Waals surface area contributed by atoms with Crippen LogP contribution in [-0.4, -0.2) is 27.6 Å². The molecule has 0 aliphatic heterocycles. The summed E-state index contributed by atoms with van der Waals surface area (Å²) < 4.78 is 34.1. The average molecular weight is 348 g/mol. The molecule has 2 rings (SSSR count). The van der Waals surface area contributed by atoms with Gasteiger partial charge in [0.25, 0.3) is 10.1 Å². The molecule has 0 unspecified atom stereocenters. The Kier molecular flexibility index (Phi) is 6.11. The summed E-state index contributed by atoms with van der Waals surface area (Å²) in [6.07, 6.45) is 0.425. The van der Waals surface area contributed by atoms with E-state index in [0.717, 1.165) is 11.1 Å². The number of hydrogen-bond donors (Lipinski definition) is 0. The summed E-state index contributed by atoms with van der Waals surface area (Å²) in [5, 5.41) is 0. The van der Waals surface area contributed by atoms with Crippen molar-refractivity contribution >= 4 is 16.1 Å². The van der Waals surface area contributed by atoms with Gasteiger partial charge in [0.1, 0.15) is 0 Å². The van der Waals surface area contributed by atoms with E-state index >= 15 is 0 Å². The predicted octanol–water partition coefficient (Wildman–Crippen LogP) is 3.12. The van der Waals surface area contributed by atoms with E-state index in [-0.39, 0.29) is 17.5 Å². The molecule has 5 nitrogen and oxygen atoms in total. The molecule has 128 valence electrons. The van der Waals surface area contributed by atoms with Crippen LogP contribution in [0.1, 0.15) is 28.4 Å². The van der Waals surface area contributed by atoms with Crippen LogP contribution in [0.15, 0.2) is 53.4 Å². The first-order valence-corrected chi connectivity index (χ1v) is 9.05. The highest BCUT2D eigenvalue weighted by atomic mass is 32.2. The number of rotatable bonds is 7. The predicted molar refractivity (Wildman–Crippen MR) is 90.4 cm³/mol. The molecular formula is C18H20O5S. The van der Waals surface area contributed by atoms with Crippen molar-refractivity contribution in [3.05, 3.63) is 65.2 Å². The summed E-state index contributed by atoms with van der Waals surface area (Å²) in [5.41, 5.74) is 2.33. The Labute approximate surface area is 142 Å². The van der Waals surface area contributed by atoms with Gasteiger partial charge in [-0.1, -0.05) is 29.8 Å². The normalized spacial score (nSPS) is 11.2. The fourth-order valence-corrected chi connectivity index (χ4v) is 2.97. The molecule has 0 aliphatic carbocycles. The maximum absolute atomic E-state index is 12.1. The number of carbonyl (C=O) groups excluding carboxylic acids is 1. The molecular weight excluding hydrogens is 328 g/mol. The van der Waals surface area contributed by atoms with Gasteiger partial charge in [0.05, 0.1) is 23.7 Å². The molecule has 0 bridgehead atoms. The van der Waals surface area contributed by atoms with Crippen molar-refractivity contribution in [2.24, 2.45) is 0 Å². The van der Waals surface area contributed by atoms with Crippen molar-refractivity contribution in [2.45, 2.75) is 25.2 Å². The fourth-order valence-electron chi connectivity index (χ4n) is 2.06. The Morgan fingerprint density at radius 3 is 2.21 bits per heavy atom. The molecule has 0 fully saturated rings. The van der Waals surface area contributed by atoms with Crippen molar-refractivity contribution in [2.75, 3.05) is 13.2 Å². The zero-order valence-corrected chi connectivity index (χ0v) is 14.5. The van der Waals surface area contributed by atoms with Gasteiger partial charge in [-0.05, 0) is 50.1 Å². The molecule has 0 spiro atoms. The number of aryl methyl sites for hydroxylation is 1. The summed E-state index contributed by atoms with van der Waals surface area (Å²) >= 11 is 0. The van der Waals surface area contributed by atoms with E-state index in [1.165, 1.54) is 12.1 Å². The quantitative estimate of drug-likeness (QED) is 0.568. The minimum atomic E-state index is -3.75. The van der Waals surface area contributed by atoms with Crippen LogP contribution in [0, 0.1) is 6.92 Å². The van der Waals surface area contributed by atoms with Crippen molar-refractivity contribution in [1.29, 1.82) is 0 Å². The molecule has 0 atom stereocenters. The highest BCUT2D eigenvalue weighted by molar-refractivity contribution is 7.86. The zero-order valence-electron chi connectivity index (χ0n) is 13.7. The van der Waals surface area contributed by atoms with Crippen molar-refractivity contribution in [3.63, 3.8) is 0 Å². The Balaban J connectivity index is 1.91. The maximum atomic E-state index is 12.1. The molecule has 0 heterocycles. The number of benzene rings is 2.